The van der Waals surface area contributed by atoms with Crippen molar-refractivity contribution in [2.75, 3.05) is 7.11 Å². The number of hydrogen-bond donors (Lipinski definition) is 0. The lowest BCUT2D eigenvalue weighted by Gasteiger charge is -2.19. The van der Waals surface area contributed by atoms with Crippen LogP contribution in [0.1, 0.15) is 50.2 Å². The zero-order chi connectivity index (χ0) is 17.1. The summed E-state index contributed by atoms with van der Waals surface area (Å²) in [4.78, 5) is 25.7. The molecular weight excluding hydrogens is 324 g/mol. The number of aryl methyl sites for hydroxylation is 1. The molecule has 0 bridgehead atoms. The minimum absolute atomic E-state index is 0.340. The van der Waals surface area contributed by atoms with Crippen LogP contribution < -0.4 is 4.74 Å². The molecule has 0 unspecified atom stereocenters. The van der Waals surface area contributed by atoms with E-state index in [1.165, 1.54) is 41.7 Å². The van der Waals surface area contributed by atoms with Gasteiger partial charge in [-0.3, -0.25) is 0 Å². The molecule has 126 valence electrons. The number of carbonyl (C=O) groups excluding carboxylic acids is 2. The van der Waals surface area contributed by atoms with Crippen molar-refractivity contribution in [3.63, 3.8) is 0 Å². The third-order valence-electron chi connectivity index (χ3n) is 4.45. The predicted molar refractivity (Wildman–Crippen MR) is 92.9 cm³/mol. The van der Waals surface area contributed by atoms with Crippen LogP contribution in [0.25, 0.3) is 0 Å². The van der Waals surface area contributed by atoms with Crippen LogP contribution in [-0.4, -0.2) is 19.0 Å². The monoisotopic (exact) mass is 344 g/mol. The molecule has 5 heteroatoms. The topological polar surface area (TPSA) is 52.6 Å². The van der Waals surface area contributed by atoms with Crippen molar-refractivity contribution >= 4 is 23.3 Å². The highest BCUT2D eigenvalue weighted by Crippen LogP contribution is 2.34. The van der Waals surface area contributed by atoms with Crippen LogP contribution in [0.2, 0.25) is 0 Å². The molecule has 1 heterocycles. The zero-order valence-electron chi connectivity index (χ0n) is 13.8. The second kappa shape index (κ2) is 7.18. The maximum atomic E-state index is 12.4. The molecule has 0 amide bonds. The van der Waals surface area contributed by atoms with Gasteiger partial charge in [-0.2, -0.15) is 0 Å². The summed E-state index contributed by atoms with van der Waals surface area (Å²) in [6, 6.07) is 8.35. The Hall–Kier alpha value is -2.14. The van der Waals surface area contributed by atoms with E-state index in [0.29, 0.717) is 16.2 Å². The van der Waals surface area contributed by atoms with E-state index < -0.39 is 5.97 Å². The summed E-state index contributed by atoms with van der Waals surface area (Å²) < 4.78 is 10.1. The van der Waals surface area contributed by atoms with Gasteiger partial charge in [0.05, 0.1) is 12.7 Å². The molecule has 0 spiro atoms. The summed E-state index contributed by atoms with van der Waals surface area (Å²) in [6.07, 6.45) is 4.50. The Morgan fingerprint density at radius 3 is 2.62 bits per heavy atom. The molecule has 0 fully saturated rings. The maximum absolute atomic E-state index is 12.4. The van der Waals surface area contributed by atoms with Gasteiger partial charge in [0.1, 0.15) is 10.6 Å². The minimum atomic E-state index is -0.413. The number of thiophene rings is 1. The Kier molecular flexibility index (Phi) is 5.00. The first-order valence-electron chi connectivity index (χ1n) is 8.12. The van der Waals surface area contributed by atoms with Gasteiger partial charge >= 0.3 is 11.9 Å². The third kappa shape index (κ3) is 3.51. The Labute approximate surface area is 145 Å². The highest BCUT2D eigenvalue weighted by molar-refractivity contribution is 7.14. The van der Waals surface area contributed by atoms with Crippen LogP contribution >= 0.6 is 11.3 Å². The van der Waals surface area contributed by atoms with Crippen LogP contribution in [0.3, 0.4) is 0 Å². The van der Waals surface area contributed by atoms with Gasteiger partial charge < -0.3 is 9.47 Å². The first kappa shape index (κ1) is 16.7. The summed E-state index contributed by atoms with van der Waals surface area (Å²) in [6.45, 7) is 2.22. The fourth-order valence-electron chi connectivity index (χ4n) is 2.98. The van der Waals surface area contributed by atoms with Gasteiger partial charge in [0.2, 0.25) is 0 Å². The van der Waals surface area contributed by atoms with Crippen molar-refractivity contribution in [2.24, 2.45) is 5.92 Å². The fourth-order valence-corrected chi connectivity index (χ4v) is 4.07. The van der Waals surface area contributed by atoms with E-state index in [9.17, 15) is 9.59 Å². The average molecular weight is 344 g/mol. The third-order valence-corrected chi connectivity index (χ3v) is 5.67. The number of hydrogen-bond acceptors (Lipinski definition) is 5. The number of rotatable bonds is 4. The Bertz CT molecular complexity index is 745. The SMILES string of the molecule is CC[C@H]1CCc2sc(C(=O)Oc3ccc(C(=O)OC)cc3)cc2C1. The standard InChI is InChI=1S/C19H20O4S/c1-3-12-4-9-16-14(10-12)11-17(24-16)19(21)23-15-7-5-13(6-8-15)18(20)22-2/h5-8,11-12H,3-4,9-10H2,1-2H3/t12-/m0/s1. The molecule has 24 heavy (non-hydrogen) atoms. The van der Waals surface area contributed by atoms with E-state index in [-0.39, 0.29) is 5.97 Å². The number of methoxy groups -OCH3 is 1. The van der Waals surface area contributed by atoms with Crippen molar-refractivity contribution < 1.29 is 19.1 Å². The molecule has 0 saturated heterocycles. The van der Waals surface area contributed by atoms with Gasteiger partial charge in [0, 0.05) is 4.88 Å². The van der Waals surface area contributed by atoms with Crippen LogP contribution in [0, 0.1) is 5.92 Å². The quantitative estimate of drug-likeness (QED) is 0.614. The summed E-state index contributed by atoms with van der Waals surface area (Å²) in [5, 5.41) is 0. The second-order valence-electron chi connectivity index (χ2n) is 5.98. The van der Waals surface area contributed by atoms with Crippen molar-refractivity contribution in [2.45, 2.75) is 32.6 Å². The lowest BCUT2D eigenvalue weighted by molar-refractivity contribution is 0.0600. The van der Waals surface area contributed by atoms with E-state index in [0.717, 1.165) is 18.8 Å². The Morgan fingerprint density at radius 1 is 1.21 bits per heavy atom. The predicted octanol–water partition coefficient (Wildman–Crippen LogP) is 4.27. The maximum Gasteiger partial charge on any atom is 0.353 e. The van der Waals surface area contributed by atoms with Crippen molar-refractivity contribution in [3.05, 3.63) is 51.2 Å². The molecule has 1 aliphatic carbocycles. The van der Waals surface area contributed by atoms with Crippen molar-refractivity contribution in [3.8, 4) is 5.75 Å². The zero-order valence-corrected chi connectivity index (χ0v) is 14.7. The van der Waals surface area contributed by atoms with E-state index >= 15 is 0 Å². The molecule has 0 radical (unpaired) electrons. The molecule has 2 aromatic rings. The second-order valence-corrected chi connectivity index (χ2v) is 7.12. The van der Waals surface area contributed by atoms with Crippen LogP contribution in [-0.2, 0) is 17.6 Å². The van der Waals surface area contributed by atoms with Crippen molar-refractivity contribution in [1.82, 2.24) is 0 Å². The molecule has 1 atom stereocenters. The summed E-state index contributed by atoms with van der Waals surface area (Å²) in [5.41, 5.74) is 1.72. The van der Waals surface area contributed by atoms with Gasteiger partial charge in [0.25, 0.3) is 0 Å². The average Bonchev–Trinajstić information content (AvgIpc) is 3.05. The van der Waals surface area contributed by atoms with E-state index in [2.05, 4.69) is 11.7 Å². The van der Waals surface area contributed by atoms with Crippen LogP contribution in [0.4, 0.5) is 0 Å². The van der Waals surface area contributed by atoms with Crippen LogP contribution in [0.5, 0.6) is 5.75 Å². The normalized spacial score (nSPS) is 16.3. The van der Waals surface area contributed by atoms with Gasteiger partial charge in [-0.1, -0.05) is 13.3 Å². The van der Waals surface area contributed by atoms with Gasteiger partial charge in [-0.25, -0.2) is 9.59 Å². The molecule has 1 aliphatic rings. The Balaban J connectivity index is 1.69. The number of benzene rings is 1. The van der Waals surface area contributed by atoms with Crippen molar-refractivity contribution in [1.29, 1.82) is 0 Å². The van der Waals surface area contributed by atoms with Gasteiger partial charge in [-0.15, -0.1) is 11.3 Å². The van der Waals surface area contributed by atoms with Gasteiger partial charge in [-0.05, 0) is 61.1 Å². The number of fused-ring (bicyclic) bond motifs is 1. The summed E-state index contributed by atoms with van der Waals surface area (Å²) in [7, 11) is 1.33. The number of esters is 2. The molecule has 1 aromatic heterocycles. The summed E-state index contributed by atoms with van der Waals surface area (Å²) >= 11 is 1.54. The Morgan fingerprint density at radius 2 is 1.96 bits per heavy atom. The van der Waals surface area contributed by atoms with Crippen LogP contribution in [0.15, 0.2) is 30.3 Å². The first-order valence-corrected chi connectivity index (χ1v) is 8.94. The number of carbonyl (C=O) groups is 2. The highest BCUT2D eigenvalue weighted by Gasteiger charge is 2.22. The lowest BCUT2D eigenvalue weighted by atomic mass is 9.87. The summed E-state index contributed by atoms with van der Waals surface area (Å²) in [5.74, 6) is 0.393. The highest BCUT2D eigenvalue weighted by atomic mass is 32.1. The molecule has 1 aromatic carbocycles. The van der Waals surface area contributed by atoms with E-state index in [1.54, 1.807) is 24.3 Å². The molecule has 0 aliphatic heterocycles. The van der Waals surface area contributed by atoms with E-state index in [1.807, 2.05) is 6.07 Å². The lowest BCUT2D eigenvalue weighted by Crippen LogP contribution is -2.10. The van der Waals surface area contributed by atoms with E-state index in [4.69, 9.17) is 4.74 Å². The first-order chi connectivity index (χ1) is 11.6. The number of ether oxygens (including phenoxy) is 2. The molecule has 4 nitrogen and oxygen atoms in total. The molecule has 0 N–H and O–H groups in total. The minimum Gasteiger partial charge on any atom is -0.465 e. The molecule has 3 rings (SSSR count). The largest absolute Gasteiger partial charge is 0.465 e. The fraction of sp³-hybridized carbons (Fsp3) is 0.368. The van der Waals surface area contributed by atoms with Gasteiger partial charge in [0.15, 0.2) is 0 Å². The smallest absolute Gasteiger partial charge is 0.353 e. The molecular formula is C19H20O4S. The molecule has 0 saturated carbocycles.